The second kappa shape index (κ2) is 4.37. The SMILES string of the molecule is Ic1cccnc1C1CCOCC1. The highest BCUT2D eigenvalue weighted by Crippen LogP contribution is 2.28. The fourth-order valence-electron chi connectivity index (χ4n) is 1.67. The van der Waals surface area contributed by atoms with Crippen LogP contribution >= 0.6 is 22.6 Å². The molecular formula is C10H12INO. The first-order valence-electron chi connectivity index (χ1n) is 4.56. The van der Waals surface area contributed by atoms with Gasteiger partial charge < -0.3 is 4.74 Å². The summed E-state index contributed by atoms with van der Waals surface area (Å²) in [7, 11) is 0. The molecule has 1 saturated heterocycles. The molecule has 0 bridgehead atoms. The smallest absolute Gasteiger partial charge is 0.0569 e. The number of hydrogen-bond donors (Lipinski definition) is 0. The van der Waals surface area contributed by atoms with Gasteiger partial charge >= 0.3 is 0 Å². The molecule has 0 radical (unpaired) electrons. The van der Waals surface area contributed by atoms with E-state index >= 15 is 0 Å². The maximum absolute atomic E-state index is 5.33. The lowest BCUT2D eigenvalue weighted by atomic mass is 9.96. The molecule has 0 amide bonds. The van der Waals surface area contributed by atoms with Gasteiger partial charge in [0.2, 0.25) is 0 Å². The lowest BCUT2D eigenvalue weighted by molar-refractivity contribution is 0.0843. The van der Waals surface area contributed by atoms with E-state index < -0.39 is 0 Å². The fourth-order valence-corrected chi connectivity index (χ4v) is 2.46. The van der Waals surface area contributed by atoms with E-state index in [0.717, 1.165) is 26.1 Å². The molecule has 2 heterocycles. The Morgan fingerprint density at radius 1 is 1.38 bits per heavy atom. The summed E-state index contributed by atoms with van der Waals surface area (Å²) in [5.74, 6) is 0.613. The molecule has 0 spiro atoms. The highest BCUT2D eigenvalue weighted by molar-refractivity contribution is 14.1. The van der Waals surface area contributed by atoms with E-state index in [9.17, 15) is 0 Å². The van der Waals surface area contributed by atoms with E-state index in [1.165, 1.54) is 9.26 Å². The molecule has 1 aliphatic rings. The van der Waals surface area contributed by atoms with Crippen LogP contribution in [0.15, 0.2) is 18.3 Å². The summed E-state index contributed by atoms with van der Waals surface area (Å²) in [6.45, 7) is 1.77. The van der Waals surface area contributed by atoms with Crippen molar-refractivity contribution >= 4 is 22.6 Å². The average molecular weight is 289 g/mol. The number of rotatable bonds is 1. The van der Waals surface area contributed by atoms with Crippen LogP contribution in [0, 0.1) is 3.57 Å². The zero-order chi connectivity index (χ0) is 9.10. The maximum Gasteiger partial charge on any atom is 0.0569 e. The summed E-state index contributed by atoms with van der Waals surface area (Å²) in [6, 6.07) is 4.11. The zero-order valence-corrected chi connectivity index (χ0v) is 9.53. The number of aromatic nitrogens is 1. The first-order chi connectivity index (χ1) is 6.38. The Bertz CT molecular complexity index is 284. The van der Waals surface area contributed by atoms with Gasteiger partial charge in [-0.3, -0.25) is 4.98 Å². The molecule has 0 aromatic carbocycles. The Labute approximate surface area is 91.8 Å². The molecule has 1 aliphatic heterocycles. The maximum atomic E-state index is 5.33. The Hall–Kier alpha value is -0.160. The van der Waals surface area contributed by atoms with Crippen molar-refractivity contribution in [2.24, 2.45) is 0 Å². The zero-order valence-electron chi connectivity index (χ0n) is 7.37. The number of nitrogens with zero attached hydrogens (tertiary/aromatic N) is 1. The van der Waals surface area contributed by atoms with E-state index in [1.807, 2.05) is 12.3 Å². The van der Waals surface area contributed by atoms with E-state index in [2.05, 4.69) is 33.6 Å². The largest absolute Gasteiger partial charge is 0.381 e. The molecule has 70 valence electrons. The molecule has 1 aromatic heterocycles. The summed E-state index contributed by atoms with van der Waals surface area (Å²) < 4.78 is 6.62. The van der Waals surface area contributed by atoms with Crippen LogP contribution in [0.3, 0.4) is 0 Å². The van der Waals surface area contributed by atoms with E-state index in [4.69, 9.17) is 4.74 Å². The van der Waals surface area contributed by atoms with Gasteiger partial charge in [0.05, 0.1) is 5.69 Å². The van der Waals surface area contributed by atoms with E-state index in [1.54, 1.807) is 0 Å². The molecule has 0 unspecified atom stereocenters. The van der Waals surface area contributed by atoms with Crippen LogP contribution in [0.1, 0.15) is 24.5 Å². The normalized spacial score (nSPS) is 18.8. The van der Waals surface area contributed by atoms with Gasteiger partial charge in [-0.15, -0.1) is 0 Å². The third kappa shape index (κ3) is 2.20. The van der Waals surface area contributed by atoms with E-state index in [-0.39, 0.29) is 0 Å². The molecule has 0 N–H and O–H groups in total. The molecule has 3 heteroatoms. The molecule has 0 atom stereocenters. The number of pyridine rings is 1. The molecule has 1 fully saturated rings. The molecule has 2 rings (SSSR count). The van der Waals surface area contributed by atoms with Crippen molar-refractivity contribution in [2.75, 3.05) is 13.2 Å². The second-order valence-electron chi connectivity index (χ2n) is 3.26. The topological polar surface area (TPSA) is 22.1 Å². The second-order valence-corrected chi connectivity index (χ2v) is 4.42. The summed E-state index contributed by atoms with van der Waals surface area (Å²) in [5.41, 5.74) is 1.26. The van der Waals surface area contributed by atoms with Crippen molar-refractivity contribution in [2.45, 2.75) is 18.8 Å². The molecule has 1 aromatic rings. The lowest BCUT2D eigenvalue weighted by Crippen LogP contribution is -2.15. The summed E-state index contributed by atoms with van der Waals surface area (Å²) >= 11 is 2.36. The van der Waals surface area contributed by atoms with Crippen molar-refractivity contribution in [1.29, 1.82) is 0 Å². The third-order valence-electron chi connectivity index (χ3n) is 2.39. The first kappa shape index (κ1) is 9.40. The van der Waals surface area contributed by atoms with Gasteiger partial charge in [-0.25, -0.2) is 0 Å². The van der Waals surface area contributed by atoms with Crippen molar-refractivity contribution in [1.82, 2.24) is 4.98 Å². The Morgan fingerprint density at radius 3 is 2.85 bits per heavy atom. The van der Waals surface area contributed by atoms with Crippen LogP contribution in [-0.4, -0.2) is 18.2 Å². The van der Waals surface area contributed by atoms with Crippen molar-refractivity contribution in [3.05, 3.63) is 27.6 Å². The van der Waals surface area contributed by atoms with Gasteiger partial charge in [0, 0.05) is 28.9 Å². The molecule has 0 aliphatic carbocycles. The molecule has 2 nitrogen and oxygen atoms in total. The number of halogens is 1. The lowest BCUT2D eigenvalue weighted by Gasteiger charge is -2.22. The minimum Gasteiger partial charge on any atom is -0.381 e. The molecule has 13 heavy (non-hydrogen) atoms. The Kier molecular flexibility index (Phi) is 3.16. The fraction of sp³-hybridized carbons (Fsp3) is 0.500. The number of hydrogen-bond acceptors (Lipinski definition) is 2. The molecular weight excluding hydrogens is 277 g/mol. The van der Waals surface area contributed by atoms with Crippen LogP contribution in [0.2, 0.25) is 0 Å². The minimum absolute atomic E-state index is 0.613. The van der Waals surface area contributed by atoms with Gasteiger partial charge in [0.1, 0.15) is 0 Å². The predicted octanol–water partition coefficient (Wildman–Crippen LogP) is 2.58. The van der Waals surface area contributed by atoms with Gasteiger partial charge in [-0.2, -0.15) is 0 Å². The summed E-state index contributed by atoms with van der Waals surface area (Å²) in [5, 5.41) is 0. The minimum atomic E-state index is 0.613. The van der Waals surface area contributed by atoms with Gasteiger partial charge in [0.25, 0.3) is 0 Å². The van der Waals surface area contributed by atoms with Gasteiger partial charge in [0.15, 0.2) is 0 Å². The van der Waals surface area contributed by atoms with Crippen molar-refractivity contribution in [3.63, 3.8) is 0 Å². The van der Waals surface area contributed by atoms with Crippen LogP contribution < -0.4 is 0 Å². The van der Waals surface area contributed by atoms with Crippen LogP contribution in [0.5, 0.6) is 0 Å². The van der Waals surface area contributed by atoms with Gasteiger partial charge in [-0.05, 0) is 47.6 Å². The quantitative estimate of drug-likeness (QED) is 0.741. The first-order valence-corrected chi connectivity index (χ1v) is 5.64. The summed E-state index contributed by atoms with van der Waals surface area (Å²) in [6.07, 6.45) is 4.12. The third-order valence-corrected chi connectivity index (χ3v) is 3.31. The standard InChI is InChI=1S/C10H12INO/c11-9-2-1-5-12-10(9)8-3-6-13-7-4-8/h1-2,5,8H,3-4,6-7H2. The highest BCUT2D eigenvalue weighted by Gasteiger charge is 2.18. The average Bonchev–Trinajstić information content (AvgIpc) is 2.20. The van der Waals surface area contributed by atoms with Crippen molar-refractivity contribution in [3.8, 4) is 0 Å². The Balaban J connectivity index is 2.18. The van der Waals surface area contributed by atoms with E-state index in [0.29, 0.717) is 5.92 Å². The molecule has 0 saturated carbocycles. The van der Waals surface area contributed by atoms with Gasteiger partial charge in [-0.1, -0.05) is 0 Å². The Morgan fingerprint density at radius 2 is 2.15 bits per heavy atom. The summed E-state index contributed by atoms with van der Waals surface area (Å²) in [4.78, 5) is 4.44. The van der Waals surface area contributed by atoms with Crippen molar-refractivity contribution < 1.29 is 4.74 Å². The predicted molar refractivity (Wildman–Crippen MR) is 59.7 cm³/mol. The highest BCUT2D eigenvalue weighted by atomic mass is 127. The monoisotopic (exact) mass is 289 g/mol. The van der Waals surface area contributed by atoms with Crippen LogP contribution in [0.25, 0.3) is 0 Å². The van der Waals surface area contributed by atoms with Crippen LogP contribution in [0.4, 0.5) is 0 Å². The van der Waals surface area contributed by atoms with Crippen LogP contribution in [-0.2, 0) is 4.74 Å². The number of ether oxygens (including phenoxy) is 1.